The van der Waals surface area contributed by atoms with Gasteiger partial charge in [-0.3, -0.25) is 14.4 Å². The first kappa shape index (κ1) is 17.9. The number of hydrogen-bond donors (Lipinski definition) is 1. The first-order chi connectivity index (χ1) is 11.0. The van der Waals surface area contributed by atoms with Gasteiger partial charge in [-0.05, 0) is 24.8 Å². The zero-order valence-corrected chi connectivity index (χ0v) is 14.8. The lowest BCUT2D eigenvalue weighted by molar-refractivity contribution is 0.0159. The predicted molar refractivity (Wildman–Crippen MR) is 90.6 cm³/mol. The molecule has 1 aromatic heterocycles. The van der Waals surface area contributed by atoms with E-state index in [1.54, 1.807) is 4.68 Å². The molecule has 1 N–H and O–H groups in total. The van der Waals surface area contributed by atoms with Crippen molar-refractivity contribution in [3.8, 4) is 0 Å². The second-order valence-corrected chi connectivity index (χ2v) is 6.66. The Hall–Kier alpha value is -1.40. The van der Waals surface area contributed by atoms with Crippen molar-refractivity contribution < 1.29 is 9.53 Å². The molecular formula is C17H30N4O2. The average molecular weight is 322 g/mol. The fraction of sp³-hybridized carbons (Fsp3) is 0.765. The Balaban J connectivity index is 1.91. The summed E-state index contributed by atoms with van der Waals surface area (Å²) >= 11 is 0. The lowest BCUT2D eigenvalue weighted by Crippen LogP contribution is -2.48. The number of ether oxygens (including phenoxy) is 1. The van der Waals surface area contributed by atoms with Crippen molar-refractivity contribution in [2.24, 2.45) is 13.0 Å². The zero-order chi connectivity index (χ0) is 16.8. The van der Waals surface area contributed by atoms with Crippen molar-refractivity contribution in [2.75, 3.05) is 32.8 Å². The molecule has 1 unspecified atom stereocenters. The van der Waals surface area contributed by atoms with Crippen LogP contribution in [0.15, 0.2) is 6.07 Å². The number of carbonyl (C=O) groups excluding carboxylic acids is 1. The molecule has 0 spiro atoms. The number of morpholine rings is 1. The van der Waals surface area contributed by atoms with Crippen LogP contribution in [0.25, 0.3) is 0 Å². The highest BCUT2D eigenvalue weighted by atomic mass is 16.5. The SMILES string of the molecule is CCC(CNC(=O)c1cc(CC(C)C)nn1C)N1CCOCC1. The third-order valence-electron chi connectivity index (χ3n) is 4.31. The van der Waals surface area contributed by atoms with Gasteiger partial charge in [0.25, 0.3) is 5.91 Å². The molecule has 1 aliphatic rings. The van der Waals surface area contributed by atoms with Gasteiger partial charge < -0.3 is 10.1 Å². The van der Waals surface area contributed by atoms with E-state index in [0.29, 0.717) is 24.2 Å². The van der Waals surface area contributed by atoms with Gasteiger partial charge in [0, 0.05) is 32.7 Å². The van der Waals surface area contributed by atoms with Crippen LogP contribution in [0.2, 0.25) is 0 Å². The number of amides is 1. The highest BCUT2D eigenvalue weighted by molar-refractivity contribution is 5.92. The number of hydrogen-bond acceptors (Lipinski definition) is 4. The fourth-order valence-corrected chi connectivity index (χ4v) is 3.03. The number of aryl methyl sites for hydroxylation is 1. The molecule has 0 aliphatic carbocycles. The van der Waals surface area contributed by atoms with Gasteiger partial charge in [0.1, 0.15) is 5.69 Å². The topological polar surface area (TPSA) is 59.4 Å². The first-order valence-electron chi connectivity index (χ1n) is 8.64. The van der Waals surface area contributed by atoms with E-state index < -0.39 is 0 Å². The first-order valence-corrected chi connectivity index (χ1v) is 8.64. The summed E-state index contributed by atoms with van der Waals surface area (Å²) < 4.78 is 7.08. The number of rotatable bonds is 7. The summed E-state index contributed by atoms with van der Waals surface area (Å²) in [6, 6.07) is 2.27. The summed E-state index contributed by atoms with van der Waals surface area (Å²) in [7, 11) is 1.83. The van der Waals surface area contributed by atoms with E-state index in [4.69, 9.17) is 4.74 Å². The van der Waals surface area contributed by atoms with Crippen molar-refractivity contribution in [3.05, 3.63) is 17.5 Å². The molecule has 6 heteroatoms. The Morgan fingerprint density at radius 2 is 2.09 bits per heavy atom. The highest BCUT2D eigenvalue weighted by Crippen LogP contribution is 2.10. The van der Waals surface area contributed by atoms with E-state index in [-0.39, 0.29) is 5.91 Å². The van der Waals surface area contributed by atoms with E-state index in [2.05, 4.69) is 36.1 Å². The van der Waals surface area contributed by atoms with Gasteiger partial charge in [-0.1, -0.05) is 20.8 Å². The third-order valence-corrected chi connectivity index (χ3v) is 4.31. The van der Waals surface area contributed by atoms with Crippen LogP contribution in [0.3, 0.4) is 0 Å². The molecule has 0 saturated carbocycles. The molecule has 1 amide bonds. The van der Waals surface area contributed by atoms with Crippen molar-refractivity contribution >= 4 is 5.91 Å². The Labute approximate surface area is 139 Å². The van der Waals surface area contributed by atoms with Gasteiger partial charge in [0.2, 0.25) is 0 Å². The monoisotopic (exact) mass is 322 g/mol. The number of aromatic nitrogens is 2. The second-order valence-electron chi connectivity index (χ2n) is 6.66. The van der Waals surface area contributed by atoms with E-state index in [1.165, 1.54) is 0 Å². The molecule has 130 valence electrons. The van der Waals surface area contributed by atoms with E-state index in [9.17, 15) is 4.79 Å². The van der Waals surface area contributed by atoms with Gasteiger partial charge in [-0.15, -0.1) is 0 Å². The molecule has 1 aliphatic heterocycles. The molecule has 23 heavy (non-hydrogen) atoms. The van der Waals surface area contributed by atoms with Gasteiger partial charge >= 0.3 is 0 Å². The smallest absolute Gasteiger partial charge is 0.269 e. The number of nitrogens with one attached hydrogen (secondary N) is 1. The molecule has 2 rings (SSSR count). The number of carbonyl (C=O) groups is 1. The van der Waals surface area contributed by atoms with Crippen LogP contribution in [0, 0.1) is 5.92 Å². The zero-order valence-electron chi connectivity index (χ0n) is 14.8. The molecule has 0 bridgehead atoms. The largest absolute Gasteiger partial charge is 0.379 e. The molecular weight excluding hydrogens is 292 g/mol. The maximum absolute atomic E-state index is 12.5. The lowest BCUT2D eigenvalue weighted by atomic mass is 10.1. The summed E-state index contributed by atoms with van der Waals surface area (Å²) in [6.07, 6.45) is 1.91. The van der Waals surface area contributed by atoms with Gasteiger partial charge in [0.05, 0.1) is 18.9 Å². The van der Waals surface area contributed by atoms with E-state index in [1.807, 2.05) is 13.1 Å². The van der Waals surface area contributed by atoms with Crippen LogP contribution in [0.5, 0.6) is 0 Å². The standard InChI is InChI=1S/C17H30N4O2/c1-5-15(21-6-8-23-9-7-21)12-18-17(22)16-11-14(10-13(2)3)19-20(16)4/h11,13,15H,5-10,12H2,1-4H3,(H,18,22). The Bertz CT molecular complexity index is 507. The minimum atomic E-state index is -0.0401. The highest BCUT2D eigenvalue weighted by Gasteiger charge is 2.21. The van der Waals surface area contributed by atoms with Crippen LogP contribution >= 0.6 is 0 Å². The van der Waals surface area contributed by atoms with Crippen molar-refractivity contribution in [1.82, 2.24) is 20.0 Å². The summed E-state index contributed by atoms with van der Waals surface area (Å²) in [5, 5.41) is 7.51. The summed E-state index contributed by atoms with van der Waals surface area (Å²) in [4.78, 5) is 14.9. The lowest BCUT2D eigenvalue weighted by Gasteiger charge is -2.34. The molecule has 1 saturated heterocycles. The third kappa shape index (κ3) is 5.04. The Morgan fingerprint density at radius 1 is 1.39 bits per heavy atom. The normalized spacial score (nSPS) is 17.4. The van der Waals surface area contributed by atoms with Crippen molar-refractivity contribution in [3.63, 3.8) is 0 Å². The van der Waals surface area contributed by atoms with Crippen molar-refractivity contribution in [1.29, 1.82) is 0 Å². The van der Waals surface area contributed by atoms with Gasteiger partial charge in [-0.2, -0.15) is 5.10 Å². The molecule has 0 aromatic carbocycles. The predicted octanol–water partition coefficient (Wildman–Crippen LogP) is 1.46. The summed E-state index contributed by atoms with van der Waals surface area (Å²) in [6.45, 7) is 10.6. The Kier molecular flexibility index (Phi) is 6.59. The minimum Gasteiger partial charge on any atom is -0.379 e. The second kappa shape index (κ2) is 8.45. The van der Waals surface area contributed by atoms with Gasteiger partial charge in [0.15, 0.2) is 0 Å². The molecule has 1 fully saturated rings. The van der Waals surface area contributed by atoms with Crippen LogP contribution in [-0.4, -0.2) is 59.5 Å². The maximum atomic E-state index is 12.5. The van der Waals surface area contributed by atoms with Gasteiger partial charge in [-0.25, -0.2) is 0 Å². The van der Waals surface area contributed by atoms with Crippen molar-refractivity contribution in [2.45, 2.75) is 39.7 Å². The molecule has 2 heterocycles. The Morgan fingerprint density at radius 3 is 2.70 bits per heavy atom. The average Bonchev–Trinajstić information content (AvgIpc) is 2.88. The number of nitrogens with zero attached hydrogens (tertiary/aromatic N) is 3. The van der Waals surface area contributed by atoms with Crippen LogP contribution in [0.1, 0.15) is 43.4 Å². The van der Waals surface area contributed by atoms with Crippen LogP contribution in [0.4, 0.5) is 0 Å². The van der Waals surface area contributed by atoms with E-state index in [0.717, 1.165) is 44.8 Å². The molecule has 1 aromatic rings. The summed E-state index contributed by atoms with van der Waals surface area (Å²) in [5.74, 6) is 0.494. The fourth-order valence-electron chi connectivity index (χ4n) is 3.03. The minimum absolute atomic E-state index is 0.0401. The summed E-state index contributed by atoms with van der Waals surface area (Å²) in [5.41, 5.74) is 1.62. The molecule has 1 atom stereocenters. The maximum Gasteiger partial charge on any atom is 0.269 e. The molecule has 6 nitrogen and oxygen atoms in total. The molecule has 0 radical (unpaired) electrons. The van der Waals surface area contributed by atoms with Crippen LogP contribution in [-0.2, 0) is 18.2 Å². The van der Waals surface area contributed by atoms with E-state index >= 15 is 0 Å². The van der Waals surface area contributed by atoms with Crippen LogP contribution < -0.4 is 5.32 Å². The quantitative estimate of drug-likeness (QED) is 0.826.